The molecule has 3 unspecified atom stereocenters. The Labute approximate surface area is 360 Å². The van der Waals surface area contributed by atoms with Gasteiger partial charge in [-0.1, -0.05) is 218 Å². The Morgan fingerprint density at radius 2 is 0.948 bits per heavy atom. The Bertz CT molecular complexity index is 1000. The van der Waals surface area contributed by atoms with E-state index < -0.39 is 20.0 Å². The summed E-state index contributed by atoms with van der Waals surface area (Å²) >= 11 is 0. The monoisotopic (exact) mass is 842 g/mol. The SMILES string of the molecule is CCCCCCCCCCCCC/C=C/CC/C=C/C(O)C(COP(=O)(O)OCC[N+](C)(C)C)NC(=O)CCCCCCCCCCCCCCCCCCCCC. The average Bonchev–Trinajstić information content (AvgIpc) is 3.17. The van der Waals surface area contributed by atoms with Crippen LogP contribution < -0.4 is 5.32 Å². The van der Waals surface area contributed by atoms with Crippen molar-refractivity contribution in [2.24, 2.45) is 0 Å². The van der Waals surface area contributed by atoms with Gasteiger partial charge in [0.2, 0.25) is 5.91 Å². The molecule has 9 heteroatoms. The summed E-state index contributed by atoms with van der Waals surface area (Å²) in [5, 5.41) is 13.8. The Balaban J connectivity index is 4.36. The molecule has 0 saturated carbocycles. The predicted molar refractivity (Wildman–Crippen MR) is 249 cm³/mol. The van der Waals surface area contributed by atoms with E-state index in [1.165, 1.54) is 173 Å². The molecule has 344 valence electrons. The summed E-state index contributed by atoms with van der Waals surface area (Å²) < 4.78 is 23.6. The third kappa shape index (κ3) is 43.1. The second kappa shape index (κ2) is 41.3. The van der Waals surface area contributed by atoms with Crippen molar-refractivity contribution in [1.82, 2.24) is 5.32 Å². The van der Waals surface area contributed by atoms with Gasteiger partial charge >= 0.3 is 7.82 Å². The Morgan fingerprint density at radius 3 is 1.38 bits per heavy atom. The van der Waals surface area contributed by atoms with E-state index in [0.717, 1.165) is 38.5 Å². The molecule has 1 amide bonds. The van der Waals surface area contributed by atoms with Crippen LogP contribution in [0.2, 0.25) is 0 Å². The number of phosphoric acid groups is 1. The molecule has 3 atom stereocenters. The van der Waals surface area contributed by atoms with Gasteiger partial charge in [-0.2, -0.15) is 0 Å². The van der Waals surface area contributed by atoms with Crippen molar-refractivity contribution in [2.75, 3.05) is 40.9 Å². The second-order valence-corrected chi connectivity index (χ2v) is 19.6. The van der Waals surface area contributed by atoms with Gasteiger partial charge in [0.15, 0.2) is 0 Å². The molecule has 0 spiro atoms. The summed E-state index contributed by atoms with van der Waals surface area (Å²) in [6.07, 6.45) is 49.7. The highest BCUT2D eigenvalue weighted by Crippen LogP contribution is 2.43. The number of aliphatic hydroxyl groups excluding tert-OH is 1. The maximum atomic E-state index is 12.9. The highest BCUT2D eigenvalue weighted by Gasteiger charge is 2.27. The molecule has 0 aliphatic heterocycles. The minimum absolute atomic E-state index is 0.0585. The molecule has 0 aromatic carbocycles. The lowest BCUT2D eigenvalue weighted by molar-refractivity contribution is -0.870. The fourth-order valence-electron chi connectivity index (χ4n) is 7.23. The van der Waals surface area contributed by atoms with Gasteiger partial charge < -0.3 is 19.8 Å². The summed E-state index contributed by atoms with van der Waals surface area (Å²) in [4.78, 5) is 23.2. The highest BCUT2D eigenvalue weighted by molar-refractivity contribution is 7.47. The molecule has 0 bridgehead atoms. The van der Waals surface area contributed by atoms with Crippen molar-refractivity contribution in [3.8, 4) is 0 Å². The molecular formula is C49H98N2O6P+. The van der Waals surface area contributed by atoms with E-state index in [0.29, 0.717) is 17.4 Å². The lowest BCUT2D eigenvalue weighted by atomic mass is 10.0. The summed E-state index contributed by atoms with van der Waals surface area (Å²) in [6, 6.07) is -0.858. The van der Waals surface area contributed by atoms with E-state index in [1.54, 1.807) is 6.08 Å². The zero-order chi connectivity index (χ0) is 42.8. The van der Waals surface area contributed by atoms with Crippen molar-refractivity contribution in [3.05, 3.63) is 24.3 Å². The van der Waals surface area contributed by atoms with Gasteiger partial charge in [-0.05, 0) is 32.1 Å². The summed E-state index contributed by atoms with van der Waals surface area (Å²) in [5.41, 5.74) is 0. The number of carbonyl (C=O) groups excluding carboxylic acids is 1. The topological polar surface area (TPSA) is 105 Å². The molecule has 3 N–H and O–H groups in total. The molecule has 0 fully saturated rings. The van der Waals surface area contributed by atoms with Gasteiger partial charge in [0.1, 0.15) is 13.2 Å². The van der Waals surface area contributed by atoms with E-state index in [-0.39, 0.29) is 19.1 Å². The fourth-order valence-corrected chi connectivity index (χ4v) is 7.97. The van der Waals surface area contributed by atoms with Crippen molar-refractivity contribution in [3.63, 3.8) is 0 Å². The first-order valence-electron chi connectivity index (χ1n) is 24.7. The van der Waals surface area contributed by atoms with Crippen LogP contribution in [0.3, 0.4) is 0 Å². The first-order chi connectivity index (χ1) is 28.0. The zero-order valence-corrected chi connectivity index (χ0v) is 39.9. The number of aliphatic hydroxyl groups is 1. The second-order valence-electron chi connectivity index (χ2n) is 18.2. The molecular weight excluding hydrogens is 744 g/mol. The average molecular weight is 842 g/mol. The van der Waals surface area contributed by atoms with Gasteiger partial charge in [0.05, 0.1) is 39.9 Å². The van der Waals surface area contributed by atoms with Crippen LogP contribution in [0.4, 0.5) is 0 Å². The Kier molecular flexibility index (Phi) is 40.6. The van der Waals surface area contributed by atoms with Crippen LogP contribution in [0.1, 0.15) is 232 Å². The van der Waals surface area contributed by atoms with Crippen LogP contribution in [0.25, 0.3) is 0 Å². The van der Waals surface area contributed by atoms with Crippen LogP contribution in [0.5, 0.6) is 0 Å². The number of hydrogen-bond donors (Lipinski definition) is 3. The van der Waals surface area contributed by atoms with Gasteiger partial charge in [0.25, 0.3) is 0 Å². The molecule has 0 aliphatic carbocycles. The quantitative estimate of drug-likeness (QED) is 0.0244. The fraction of sp³-hybridized carbons (Fsp3) is 0.898. The molecule has 0 radical (unpaired) electrons. The molecule has 58 heavy (non-hydrogen) atoms. The van der Waals surface area contributed by atoms with Crippen molar-refractivity contribution >= 4 is 13.7 Å². The number of nitrogens with zero attached hydrogens (tertiary/aromatic N) is 1. The number of hydrogen-bond acceptors (Lipinski definition) is 5. The normalized spacial score (nSPS) is 14.4. The third-order valence-corrected chi connectivity index (χ3v) is 12.2. The largest absolute Gasteiger partial charge is 0.472 e. The number of phosphoric ester groups is 1. The molecule has 0 saturated heterocycles. The van der Waals surface area contributed by atoms with Crippen molar-refractivity contribution in [1.29, 1.82) is 0 Å². The van der Waals surface area contributed by atoms with E-state index in [9.17, 15) is 19.4 Å². The number of carbonyl (C=O) groups is 1. The van der Waals surface area contributed by atoms with Gasteiger partial charge in [-0.15, -0.1) is 0 Å². The highest BCUT2D eigenvalue weighted by atomic mass is 31.2. The van der Waals surface area contributed by atoms with E-state index in [4.69, 9.17) is 9.05 Å². The minimum atomic E-state index is -4.34. The number of amides is 1. The van der Waals surface area contributed by atoms with Crippen molar-refractivity contribution < 1.29 is 32.9 Å². The van der Waals surface area contributed by atoms with E-state index in [2.05, 4.69) is 31.3 Å². The smallest absolute Gasteiger partial charge is 0.387 e. The van der Waals surface area contributed by atoms with Crippen LogP contribution in [0.15, 0.2) is 24.3 Å². The lowest BCUT2D eigenvalue weighted by Gasteiger charge is -2.25. The Morgan fingerprint density at radius 1 is 0.569 bits per heavy atom. The van der Waals surface area contributed by atoms with E-state index in [1.807, 2.05) is 27.2 Å². The molecule has 0 aromatic rings. The van der Waals surface area contributed by atoms with Crippen LogP contribution in [-0.4, -0.2) is 73.4 Å². The summed E-state index contributed by atoms with van der Waals surface area (Å²) in [5.74, 6) is -0.183. The van der Waals surface area contributed by atoms with Crippen LogP contribution >= 0.6 is 7.82 Å². The van der Waals surface area contributed by atoms with Crippen LogP contribution in [0, 0.1) is 0 Å². The predicted octanol–water partition coefficient (Wildman–Crippen LogP) is 14.1. The lowest BCUT2D eigenvalue weighted by Crippen LogP contribution is -2.45. The molecule has 0 rings (SSSR count). The molecule has 8 nitrogen and oxygen atoms in total. The number of unbranched alkanes of at least 4 members (excludes halogenated alkanes) is 30. The van der Waals surface area contributed by atoms with Gasteiger partial charge in [-0.25, -0.2) is 4.57 Å². The number of nitrogens with one attached hydrogen (secondary N) is 1. The van der Waals surface area contributed by atoms with Gasteiger partial charge in [0, 0.05) is 6.42 Å². The number of likely N-dealkylation sites (N-methyl/N-ethyl adjacent to an activating group) is 1. The number of quaternary nitrogens is 1. The summed E-state index contributed by atoms with van der Waals surface area (Å²) in [6.45, 7) is 4.82. The van der Waals surface area contributed by atoms with E-state index >= 15 is 0 Å². The summed E-state index contributed by atoms with van der Waals surface area (Å²) in [7, 11) is 1.56. The zero-order valence-electron chi connectivity index (χ0n) is 39.0. The Hall–Kier alpha value is -1.02. The first kappa shape index (κ1) is 57.0. The van der Waals surface area contributed by atoms with Crippen LogP contribution in [-0.2, 0) is 18.4 Å². The maximum Gasteiger partial charge on any atom is 0.472 e. The standard InChI is InChI=1S/C49H97N2O6P/c1-6-8-10-12-14-16-18-20-22-24-25-27-29-31-33-35-37-39-41-43-49(53)50-47(46-57-58(54,55)56-45-44-51(3,4)5)48(52)42-40-38-36-34-32-30-28-26-23-21-19-17-15-13-11-9-7-2/h32,34,40,42,47-48,52H,6-31,33,35-39,41,43-46H2,1-5H3,(H-,50,53,54,55)/p+1/b34-32+,42-40+. The molecule has 0 heterocycles. The first-order valence-corrected chi connectivity index (χ1v) is 26.2. The molecule has 0 aliphatic rings. The third-order valence-electron chi connectivity index (χ3n) is 11.2. The maximum absolute atomic E-state index is 12.9. The van der Waals surface area contributed by atoms with Crippen molar-refractivity contribution in [2.45, 2.75) is 244 Å². The molecule has 0 aromatic heterocycles. The number of rotatable bonds is 45. The van der Waals surface area contributed by atoms with Gasteiger partial charge in [-0.3, -0.25) is 13.8 Å². The number of allylic oxidation sites excluding steroid dienone is 3. The minimum Gasteiger partial charge on any atom is -0.387 e.